The van der Waals surface area contributed by atoms with Crippen LogP contribution in [0.2, 0.25) is 0 Å². The maximum atomic E-state index is 10.5. The Morgan fingerprint density at radius 2 is 2.23 bits per heavy atom. The van der Waals surface area contributed by atoms with E-state index >= 15 is 0 Å². The van der Waals surface area contributed by atoms with Crippen molar-refractivity contribution in [1.29, 1.82) is 0 Å². The summed E-state index contributed by atoms with van der Waals surface area (Å²) in [6.45, 7) is 3.59. The first-order valence-corrected chi connectivity index (χ1v) is 4.36. The normalized spacial score (nSPS) is 13.2. The molecule has 6 heteroatoms. The average molecular weight is 196 g/mol. The van der Waals surface area contributed by atoms with E-state index in [4.69, 9.17) is 20.6 Å². The number of hydrogen-bond acceptors (Lipinski definition) is 3. The van der Waals surface area contributed by atoms with E-state index in [-0.39, 0.29) is 4.64 Å². The van der Waals surface area contributed by atoms with Gasteiger partial charge in [0.25, 0.3) is 0 Å². The molecule has 13 heavy (non-hydrogen) atoms. The van der Waals surface area contributed by atoms with Crippen molar-refractivity contribution in [3.63, 3.8) is 0 Å². The van der Waals surface area contributed by atoms with E-state index in [1.807, 2.05) is 6.92 Å². The summed E-state index contributed by atoms with van der Waals surface area (Å²) in [5.74, 6) is 2.42. The van der Waals surface area contributed by atoms with E-state index < -0.39 is 14.3 Å². The Morgan fingerprint density at radius 1 is 1.85 bits per heavy atom. The van der Waals surface area contributed by atoms with E-state index in [2.05, 4.69) is 5.92 Å². The van der Waals surface area contributed by atoms with Crippen molar-refractivity contribution < 1.29 is 19.0 Å². The van der Waals surface area contributed by atoms with Gasteiger partial charge in [-0.1, -0.05) is 0 Å². The molecule has 0 aromatic heterocycles. The number of carbonyl (C=O) groups is 1. The maximum absolute atomic E-state index is 10.5. The van der Waals surface area contributed by atoms with Crippen LogP contribution in [0.5, 0.6) is 0 Å². The molecule has 0 aromatic carbocycles. The van der Waals surface area contributed by atoms with E-state index in [9.17, 15) is 4.79 Å². The first kappa shape index (κ1) is 15.2. The van der Waals surface area contributed by atoms with Crippen molar-refractivity contribution in [2.24, 2.45) is 0 Å². The van der Waals surface area contributed by atoms with E-state index in [1.54, 1.807) is 6.92 Å². The van der Waals surface area contributed by atoms with Gasteiger partial charge in [-0.05, 0) is 0 Å². The summed E-state index contributed by atoms with van der Waals surface area (Å²) < 4.78 is 13.0. The molecule has 0 amide bonds. The van der Waals surface area contributed by atoms with Crippen molar-refractivity contribution in [2.45, 2.75) is 25.9 Å². The van der Waals surface area contributed by atoms with Crippen LogP contribution in [0.25, 0.3) is 0 Å². The second-order valence-corrected chi connectivity index (χ2v) is 2.57. The Bertz CT molecular complexity index is 213. The van der Waals surface area contributed by atoms with Crippen LogP contribution in [0.4, 0.5) is 4.79 Å². The molecule has 0 spiro atoms. The molecule has 0 bridgehead atoms. The predicted octanol–water partition coefficient (Wildman–Crippen LogP) is 1.28. The molecule has 0 aliphatic carbocycles. The van der Waals surface area contributed by atoms with Gasteiger partial charge in [0.05, 0.1) is 0 Å². The van der Waals surface area contributed by atoms with Crippen LogP contribution in [0.3, 0.4) is 0 Å². The van der Waals surface area contributed by atoms with Crippen molar-refractivity contribution in [3.05, 3.63) is 0 Å². The average Bonchev–Trinajstić information content (AvgIpc) is 2.05. The fraction of sp³-hybridized carbons (Fsp3) is 0.571. The van der Waals surface area contributed by atoms with Gasteiger partial charge in [-0.25, -0.2) is 4.57 Å². The van der Waals surface area contributed by atoms with Crippen LogP contribution < -0.4 is 0 Å². The third-order valence-corrected chi connectivity index (χ3v) is 1.35. The van der Waals surface area contributed by atoms with Crippen LogP contribution >= 0.6 is 8.69 Å². The number of rotatable bonds is 2. The molecule has 0 aliphatic rings. The standard InChI is InChI=1S/C7H9O2.Li.HO2P/c1-4-7(3,5-2)9-6-8;;1-3-2/h1H,5H2,2-3H3;;(H,1,2). The number of ether oxygens (including phenoxy) is 1. The molecule has 0 saturated heterocycles. The van der Waals surface area contributed by atoms with Gasteiger partial charge < -0.3 is 4.89 Å². The summed E-state index contributed by atoms with van der Waals surface area (Å²) in [7, 11) is -0.833. The number of terminal acetylenes is 1. The predicted molar refractivity (Wildman–Crippen MR) is 49.6 cm³/mol. The second-order valence-electron chi connectivity index (χ2n) is 2.40. The molecule has 0 aromatic rings. The first-order chi connectivity index (χ1) is 5.95. The quantitative estimate of drug-likeness (QED) is 0.410. The van der Waals surface area contributed by atoms with Gasteiger partial charge in [-0.3, -0.25) is 0 Å². The Hall–Kier alpha value is -0.313. The van der Waals surface area contributed by atoms with Crippen molar-refractivity contribution in [3.8, 4) is 12.3 Å². The molecular formula is C7H10LiO4P. The van der Waals surface area contributed by atoms with E-state index in [0.29, 0.717) is 6.42 Å². The third kappa shape index (κ3) is 9.60. The molecule has 4 nitrogen and oxygen atoms in total. The van der Waals surface area contributed by atoms with E-state index in [1.165, 1.54) is 17.7 Å². The van der Waals surface area contributed by atoms with Gasteiger partial charge in [-0.15, -0.1) is 0 Å². The Balaban J connectivity index is 0. The van der Waals surface area contributed by atoms with Crippen molar-refractivity contribution in [1.82, 2.24) is 0 Å². The fourth-order valence-corrected chi connectivity index (χ4v) is 0.521. The SMILES string of the molecule is O=PO.[Li][C](=O)OC(C)(C#C)CC. The van der Waals surface area contributed by atoms with Gasteiger partial charge in [0.2, 0.25) is 0 Å². The minimum atomic E-state index is -0.833. The van der Waals surface area contributed by atoms with Gasteiger partial charge in [-0.2, -0.15) is 0 Å². The molecule has 0 fully saturated rings. The molecule has 1 atom stereocenters. The topological polar surface area (TPSA) is 63.6 Å². The molecular weight excluding hydrogens is 186 g/mol. The Labute approximate surface area is 88.5 Å². The number of carbonyl (C=O) groups excluding carboxylic acids is 1. The second kappa shape index (κ2) is 8.29. The van der Waals surface area contributed by atoms with Crippen LogP contribution in [-0.2, 0) is 9.30 Å². The first-order valence-electron chi connectivity index (χ1n) is 3.59. The summed E-state index contributed by atoms with van der Waals surface area (Å²) >= 11 is 1.35. The summed E-state index contributed by atoms with van der Waals surface area (Å²) in [5.41, 5.74) is -0.716. The zero-order chi connectivity index (χ0) is 10.9. The zero-order valence-electron chi connectivity index (χ0n) is 7.90. The fourth-order valence-electron chi connectivity index (χ4n) is 0.521. The van der Waals surface area contributed by atoms with Crippen LogP contribution in [0.15, 0.2) is 0 Å². The molecule has 0 radical (unpaired) electrons. The van der Waals surface area contributed by atoms with Crippen LogP contribution in [-0.4, -0.2) is 32.9 Å². The van der Waals surface area contributed by atoms with Crippen LogP contribution in [0.1, 0.15) is 20.3 Å². The summed E-state index contributed by atoms with van der Waals surface area (Å²) in [6, 6.07) is 0. The van der Waals surface area contributed by atoms with Gasteiger partial charge in [0, 0.05) is 0 Å². The number of hydrogen-bond donors (Lipinski definition) is 1. The van der Waals surface area contributed by atoms with E-state index in [0.717, 1.165) is 0 Å². The molecule has 0 aliphatic heterocycles. The molecule has 1 N–H and O–H groups in total. The summed E-state index contributed by atoms with van der Waals surface area (Å²) in [6.07, 6.45) is 5.78. The molecule has 0 heterocycles. The zero-order valence-corrected chi connectivity index (χ0v) is 8.80. The third-order valence-electron chi connectivity index (χ3n) is 1.35. The van der Waals surface area contributed by atoms with Gasteiger partial charge in [0.1, 0.15) is 0 Å². The molecule has 0 saturated carbocycles. The molecule has 1 unspecified atom stereocenters. The van der Waals surface area contributed by atoms with Crippen molar-refractivity contribution >= 4 is 31.0 Å². The molecule has 0 rings (SSSR count). The summed E-state index contributed by atoms with van der Waals surface area (Å²) in [5, 5.41) is 0. The summed E-state index contributed by atoms with van der Waals surface area (Å²) in [4.78, 5) is 17.4. The Kier molecular flexibility index (Phi) is 9.68. The van der Waals surface area contributed by atoms with Gasteiger partial charge >= 0.3 is 78.8 Å². The Morgan fingerprint density at radius 3 is 2.31 bits per heavy atom. The van der Waals surface area contributed by atoms with Crippen LogP contribution in [0, 0.1) is 12.3 Å². The monoisotopic (exact) mass is 196 g/mol. The molecule has 68 valence electrons. The van der Waals surface area contributed by atoms with Gasteiger partial charge in [0.15, 0.2) is 0 Å². The minimum absolute atomic E-state index is 0.331. The van der Waals surface area contributed by atoms with Crippen molar-refractivity contribution in [2.75, 3.05) is 0 Å².